The zero-order chi connectivity index (χ0) is 13.0. The average Bonchev–Trinajstić information content (AvgIpc) is 2.46. The predicted molar refractivity (Wildman–Crippen MR) is 83.9 cm³/mol. The van der Waals surface area contributed by atoms with Crippen LogP contribution in [0, 0.1) is 0 Å². The van der Waals surface area contributed by atoms with Crippen LogP contribution in [-0.4, -0.2) is 0 Å². The highest BCUT2D eigenvalue weighted by atomic mass is 14.5. The van der Waals surface area contributed by atoms with Gasteiger partial charge < -0.3 is 5.73 Å². The number of nitrogens with two attached hydrogens (primary N) is 1. The van der Waals surface area contributed by atoms with E-state index in [1.54, 1.807) is 0 Å². The molecule has 0 atom stereocenters. The van der Waals surface area contributed by atoms with E-state index in [9.17, 15) is 0 Å². The highest BCUT2D eigenvalue weighted by Crippen LogP contribution is 2.38. The lowest BCUT2D eigenvalue weighted by atomic mass is 9.90. The van der Waals surface area contributed by atoms with Gasteiger partial charge in [-0.25, -0.2) is 0 Å². The smallest absolute Gasteiger partial charge is 0.0394 e. The molecule has 4 aromatic carbocycles. The number of hydrogen-bond donors (Lipinski definition) is 1. The summed E-state index contributed by atoms with van der Waals surface area (Å²) in [5.74, 6) is 0. The maximum absolute atomic E-state index is 6.16. The van der Waals surface area contributed by atoms with Crippen LogP contribution in [0.2, 0.25) is 0 Å². The molecule has 4 rings (SSSR count). The van der Waals surface area contributed by atoms with Crippen molar-refractivity contribution < 1.29 is 0 Å². The second-order valence-corrected chi connectivity index (χ2v) is 5.16. The third-order valence-corrected chi connectivity index (χ3v) is 4.14. The fourth-order valence-electron chi connectivity index (χ4n) is 3.22. The summed E-state index contributed by atoms with van der Waals surface area (Å²) < 4.78 is 0. The highest BCUT2D eigenvalue weighted by Gasteiger charge is 2.12. The molecule has 92 valence electrons. The maximum Gasteiger partial charge on any atom is 0.0394 e. The molecule has 1 heteroatoms. The number of benzene rings is 4. The van der Waals surface area contributed by atoms with Crippen molar-refractivity contribution in [3.8, 4) is 0 Å². The van der Waals surface area contributed by atoms with Crippen molar-refractivity contribution in [1.29, 1.82) is 0 Å². The molecule has 0 saturated heterocycles. The maximum atomic E-state index is 6.16. The second-order valence-electron chi connectivity index (χ2n) is 5.16. The standard InChI is InChI=1S/C18H15N/c1-2-11-10-13-5-3-4-12-6-7-15-16(19)9-8-14(11)18(15)17(12)13/h3-10H,2,19H2,1H3. The van der Waals surface area contributed by atoms with Crippen molar-refractivity contribution in [3.05, 3.63) is 54.1 Å². The number of rotatable bonds is 1. The molecule has 4 aromatic rings. The zero-order valence-electron chi connectivity index (χ0n) is 10.9. The first-order valence-electron chi connectivity index (χ1n) is 6.74. The minimum Gasteiger partial charge on any atom is -0.398 e. The van der Waals surface area contributed by atoms with Crippen LogP contribution in [0.5, 0.6) is 0 Å². The van der Waals surface area contributed by atoms with Gasteiger partial charge in [0.25, 0.3) is 0 Å². The summed E-state index contributed by atoms with van der Waals surface area (Å²) in [5.41, 5.74) is 8.43. The van der Waals surface area contributed by atoms with Gasteiger partial charge in [0.2, 0.25) is 0 Å². The van der Waals surface area contributed by atoms with Gasteiger partial charge in [0.1, 0.15) is 0 Å². The van der Waals surface area contributed by atoms with Gasteiger partial charge in [0.05, 0.1) is 0 Å². The first-order chi connectivity index (χ1) is 9.29. The minimum absolute atomic E-state index is 0.868. The fourth-order valence-corrected chi connectivity index (χ4v) is 3.22. The second kappa shape index (κ2) is 3.61. The Bertz CT molecular complexity index is 906. The lowest BCUT2D eigenvalue weighted by molar-refractivity contribution is 1.16. The van der Waals surface area contributed by atoms with Crippen LogP contribution in [0.4, 0.5) is 5.69 Å². The topological polar surface area (TPSA) is 26.0 Å². The van der Waals surface area contributed by atoms with Crippen molar-refractivity contribution in [2.75, 3.05) is 5.73 Å². The molecule has 0 unspecified atom stereocenters. The molecule has 0 bridgehead atoms. The summed E-state index contributed by atoms with van der Waals surface area (Å²) in [4.78, 5) is 0. The Morgan fingerprint density at radius 3 is 2.47 bits per heavy atom. The SMILES string of the molecule is CCc1cc2cccc3ccc4c(N)ccc1c4c32. The van der Waals surface area contributed by atoms with Crippen molar-refractivity contribution in [3.63, 3.8) is 0 Å². The Hall–Kier alpha value is -2.28. The summed E-state index contributed by atoms with van der Waals surface area (Å²) in [7, 11) is 0. The van der Waals surface area contributed by atoms with E-state index >= 15 is 0 Å². The number of aryl methyl sites for hydroxylation is 1. The van der Waals surface area contributed by atoms with E-state index in [1.807, 2.05) is 6.07 Å². The van der Waals surface area contributed by atoms with Crippen molar-refractivity contribution in [2.45, 2.75) is 13.3 Å². The van der Waals surface area contributed by atoms with Gasteiger partial charge >= 0.3 is 0 Å². The van der Waals surface area contributed by atoms with Crippen LogP contribution in [0.3, 0.4) is 0 Å². The molecule has 2 N–H and O–H groups in total. The molecule has 0 fully saturated rings. The van der Waals surface area contributed by atoms with Crippen LogP contribution in [-0.2, 0) is 6.42 Å². The van der Waals surface area contributed by atoms with Crippen molar-refractivity contribution in [1.82, 2.24) is 0 Å². The number of anilines is 1. The van der Waals surface area contributed by atoms with E-state index in [2.05, 4.69) is 49.4 Å². The molecule has 0 aliphatic rings. The number of hydrogen-bond acceptors (Lipinski definition) is 1. The van der Waals surface area contributed by atoms with Crippen molar-refractivity contribution >= 4 is 38.0 Å². The Morgan fingerprint density at radius 2 is 1.63 bits per heavy atom. The monoisotopic (exact) mass is 245 g/mol. The first kappa shape index (κ1) is 10.6. The molecule has 0 aliphatic carbocycles. The Kier molecular flexibility index (Phi) is 2.02. The van der Waals surface area contributed by atoms with Gasteiger partial charge in [-0.2, -0.15) is 0 Å². The summed E-state index contributed by atoms with van der Waals surface area (Å²) in [6, 6.07) is 17.3. The normalized spacial score (nSPS) is 11.8. The Morgan fingerprint density at radius 1 is 0.842 bits per heavy atom. The van der Waals surface area contributed by atoms with Gasteiger partial charge in [-0.05, 0) is 45.0 Å². The molecular formula is C18H15N. The van der Waals surface area contributed by atoms with E-state index in [1.165, 1.54) is 37.9 Å². The molecule has 0 amide bonds. The van der Waals surface area contributed by atoms with E-state index < -0.39 is 0 Å². The fraction of sp³-hybridized carbons (Fsp3) is 0.111. The third kappa shape index (κ3) is 1.30. The molecule has 0 saturated carbocycles. The molecule has 0 aliphatic heterocycles. The van der Waals surface area contributed by atoms with E-state index in [0.717, 1.165) is 12.1 Å². The van der Waals surface area contributed by atoms with Crippen LogP contribution in [0.15, 0.2) is 48.5 Å². The number of nitrogen functional groups attached to an aromatic ring is 1. The molecule has 0 heterocycles. The van der Waals surface area contributed by atoms with E-state index in [4.69, 9.17) is 5.73 Å². The quantitative estimate of drug-likeness (QED) is 0.381. The lowest BCUT2D eigenvalue weighted by Gasteiger charge is -2.15. The van der Waals surface area contributed by atoms with Gasteiger partial charge in [-0.3, -0.25) is 0 Å². The van der Waals surface area contributed by atoms with Crippen LogP contribution < -0.4 is 5.73 Å². The average molecular weight is 245 g/mol. The van der Waals surface area contributed by atoms with Gasteiger partial charge in [-0.15, -0.1) is 0 Å². The largest absolute Gasteiger partial charge is 0.398 e. The van der Waals surface area contributed by atoms with Crippen LogP contribution in [0.1, 0.15) is 12.5 Å². The first-order valence-corrected chi connectivity index (χ1v) is 6.74. The minimum atomic E-state index is 0.868. The Labute approximate surface area is 112 Å². The van der Waals surface area contributed by atoms with Crippen LogP contribution >= 0.6 is 0 Å². The Balaban J connectivity index is 2.43. The summed E-state index contributed by atoms with van der Waals surface area (Å²) in [6.45, 7) is 2.21. The van der Waals surface area contributed by atoms with Gasteiger partial charge in [0, 0.05) is 11.1 Å². The van der Waals surface area contributed by atoms with Crippen molar-refractivity contribution in [2.24, 2.45) is 0 Å². The third-order valence-electron chi connectivity index (χ3n) is 4.14. The zero-order valence-corrected chi connectivity index (χ0v) is 10.9. The van der Waals surface area contributed by atoms with Gasteiger partial charge in [0.15, 0.2) is 0 Å². The van der Waals surface area contributed by atoms with Crippen LogP contribution in [0.25, 0.3) is 32.3 Å². The lowest BCUT2D eigenvalue weighted by Crippen LogP contribution is -1.93. The molecule has 0 radical (unpaired) electrons. The summed E-state index contributed by atoms with van der Waals surface area (Å²) in [6.07, 6.45) is 1.05. The molecule has 0 aromatic heterocycles. The molecule has 19 heavy (non-hydrogen) atoms. The predicted octanol–water partition coefficient (Wildman–Crippen LogP) is 4.73. The van der Waals surface area contributed by atoms with E-state index in [0.29, 0.717) is 0 Å². The van der Waals surface area contributed by atoms with E-state index in [-0.39, 0.29) is 0 Å². The van der Waals surface area contributed by atoms with Gasteiger partial charge in [-0.1, -0.05) is 49.4 Å². The highest BCUT2D eigenvalue weighted by molar-refractivity contribution is 6.25. The molecular weight excluding hydrogens is 230 g/mol. The molecule has 1 nitrogen and oxygen atoms in total. The molecule has 0 spiro atoms. The summed E-state index contributed by atoms with van der Waals surface area (Å²) in [5, 5.41) is 7.81. The summed E-state index contributed by atoms with van der Waals surface area (Å²) >= 11 is 0.